The third-order valence-electron chi connectivity index (χ3n) is 2.36. The van der Waals surface area contributed by atoms with Crippen molar-refractivity contribution in [3.05, 3.63) is 39.9 Å². The zero-order valence-electron chi connectivity index (χ0n) is 8.38. The van der Waals surface area contributed by atoms with Crippen LogP contribution >= 0.6 is 0 Å². The average molecular weight is 222 g/mol. The number of nitrogens with one attached hydrogen (secondary N) is 1. The van der Waals surface area contributed by atoms with Crippen molar-refractivity contribution in [2.24, 2.45) is 0 Å². The predicted octanol–water partition coefficient (Wildman–Crippen LogP) is 1.25. The second kappa shape index (κ2) is 4.18. The number of rotatable bonds is 3. The summed E-state index contributed by atoms with van der Waals surface area (Å²) in [6.07, 6.45) is -0.0302. The first-order valence-electron chi connectivity index (χ1n) is 4.83. The standard InChI is InChI=1S/C10H10N2O4/c13-10-11-6-9(16-10)5-7-1-3-8(4-2-7)12(14)15/h1-4,9H,5-6H2,(H,11,13)/t9-/m1/s1. The van der Waals surface area contributed by atoms with Gasteiger partial charge in [-0.1, -0.05) is 12.1 Å². The Morgan fingerprint density at radius 1 is 1.44 bits per heavy atom. The van der Waals surface area contributed by atoms with E-state index in [1.54, 1.807) is 12.1 Å². The van der Waals surface area contributed by atoms with Crippen LogP contribution in [0.3, 0.4) is 0 Å². The first kappa shape index (κ1) is 10.4. The van der Waals surface area contributed by atoms with Crippen LogP contribution in [0.2, 0.25) is 0 Å². The van der Waals surface area contributed by atoms with Gasteiger partial charge in [-0.25, -0.2) is 4.79 Å². The number of nitrogens with zero attached hydrogens (tertiary/aromatic N) is 1. The van der Waals surface area contributed by atoms with Gasteiger partial charge in [0.2, 0.25) is 0 Å². The number of benzene rings is 1. The SMILES string of the molecule is O=C1NC[C@@H](Cc2ccc([N+](=O)[O-])cc2)O1. The van der Waals surface area contributed by atoms with Gasteiger partial charge < -0.3 is 10.1 Å². The number of hydrogen-bond donors (Lipinski definition) is 1. The molecule has 0 radical (unpaired) electrons. The number of ether oxygens (including phenoxy) is 1. The Morgan fingerprint density at radius 2 is 2.12 bits per heavy atom. The Morgan fingerprint density at radius 3 is 2.62 bits per heavy atom. The molecule has 1 amide bonds. The number of cyclic esters (lactones) is 1. The lowest BCUT2D eigenvalue weighted by Gasteiger charge is -2.06. The zero-order chi connectivity index (χ0) is 11.5. The van der Waals surface area contributed by atoms with Gasteiger partial charge in [-0.15, -0.1) is 0 Å². The number of alkyl carbamates (subject to hydrolysis) is 1. The van der Waals surface area contributed by atoms with E-state index in [9.17, 15) is 14.9 Å². The van der Waals surface area contributed by atoms with Crippen molar-refractivity contribution in [3.8, 4) is 0 Å². The average Bonchev–Trinajstić information content (AvgIpc) is 2.65. The minimum atomic E-state index is -0.444. The van der Waals surface area contributed by atoms with Gasteiger partial charge in [0.05, 0.1) is 11.5 Å². The highest BCUT2D eigenvalue weighted by molar-refractivity contribution is 5.69. The molecule has 2 rings (SSSR count). The summed E-state index contributed by atoms with van der Waals surface area (Å²) in [5.74, 6) is 0. The highest BCUT2D eigenvalue weighted by atomic mass is 16.6. The molecular formula is C10H10N2O4. The molecule has 1 atom stereocenters. The molecule has 1 aliphatic heterocycles. The van der Waals surface area contributed by atoms with Crippen LogP contribution in [0.4, 0.5) is 10.5 Å². The van der Waals surface area contributed by atoms with E-state index in [1.165, 1.54) is 12.1 Å². The van der Waals surface area contributed by atoms with Crippen molar-refractivity contribution in [3.63, 3.8) is 0 Å². The molecule has 0 saturated carbocycles. The predicted molar refractivity (Wildman–Crippen MR) is 55.1 cm³/mol. The molecule has 1 saturated heterocycles. The zero-order valence-corrected chi connectivity index (χ0v) is 8.38. The van der Waals surface area contributed by atoms with Crippen LogP contribution < -0.4 is 5.32 Å². The number of nitro groups is 1. The number of hydrogen-bond acceptors (Lipinski definition) is 4. The number of carbonyl (C=O) groups is 1. The molecular weight excluding hydrogens is 212 g/mol. The topological polar surface area (TPSA) is 81.5 Å². The van der Waals surface area contributed by atoms with Crippen molar-refractivity contribution in [1.82, 2.24) is 5.32 Å². The Balaban J connectivity index is 2.00. The van der Waals surface area contributed by atoms with E-state index in [4.69, 9.17) is 4.74 Å². The summed E-state index contributed by atoms with van der Waals surface area (Å²) in [6, 6.07) is 6.23. The van der Waals surface area contributed by atoms with Crippen molar-refractivity contribution < 1.29 is 14.5 Å². The lowest BCUT2D eigenvalue weighted by molar-refractivity contribution is -0.384. The molecule has 1 fully saturated rings. The number of amides is 1. The lowest BCUT2D eigenvalue weighted by atomic mass is 10.1. The van der Waals surface area contributed by atoms with Gasteiger partial charge >= 0.3 is 6.09 Å². The second-order valence-corrected chi connectivity index (χ2v) is 3.54. The van der Waals surface area contributed by atoms with Crippen LogP contribution in [0.15, 0.2) is 24.3 Å². The highest BCUT2D eigenvalue weighted by Gasteiger charge is 2.22. The van der Waals surface area contributed by atoms with Gasteiger partial charge in [0.25, 0.3) is 5.69 Å². The summed E-state index contributed by atoms with van der Waals surface area (Å²) >= 11 is 0. The summed E-state index contributed by atoms with van der Waals surface area (Å²) in [4.78, 5) is 20.7. The number of non-ortho nitro benzene ring substituents is 1. The molecule has 1 aromatic carbocycles. The third kappa shape index (κ3) is 2.28. The van der Waals surface area contributed by atoms with Gasteiger partial charge in [0.1, 0.15) is 6.10 Å². The molecule has 1 heterocycles. The normalized spacial score (nSPS) is 19.0. The maximum atomic E-state index is 10.8. The largest absolute Gasteiger partial charge is 0.444 e. The summed E-state index contributed by atoms with van der Waals surface area (Å²) in [5, 5.41) is 13.0. The fourth-order valence-corrected chi connectivity index (χ4v) is 1.56. The molecule has 0 unspecified atom stereocenters. The number of nitro benzene ring substituents is 1. The van der Waals surface area contributed by atoms with E-state index < -0.39 is 11.0 Å². The van der Waals surface area contributed by atoms with E-state index in [0.717, 1.165) is 5.56 Å². The maximum absolute atomic E-state index is 10.8. The van der Waals surface area contributed by atoms with Crippen LogP contribution in [0, 0.1) is 10.1 Å². The smallest absolute Gasteiger partial charge is 0.407 e. The van der Waals surface area contributed by atoms with E-state index in [0.29, 0.717) is 13.0 Å². The molecule has 6 heteroatoms. The molecule has 1 N–H and O–H groups in total. The van der Waals surface area contributed by atoms with E-state index in [-0.39, 0.29) is 11.8 Å². The number of carbonyl (C=O) groups excluding carboxylic acids is 1. The molecule has 0 spiro atoms. The van der Waals surface area contributed by atoms with Crippen LogP contribution in [-0.2, 0) is 11.2 Å². The van der Waals surface area contributed by atoms with Crippen molar-refractivity contribution in [2.45, 2.75) is 12.5 Å². The van der Waals surface area contributed by atoms with Crippen LogP contribution in [0.5, 0.6) is 0 Å². The molecule has 1 aliphatic rings. The van der Waals surface area contributed by atoms with Gasteiger partial charge in [-0.3, -0.25) is 10.1 Å². The van der Waals surface area contributed by atoms with Crippen molar-refractivity contribution >= 4 is 11.8 Å². The highest BCUT2D eigenvalue weighted by Crippen LogP contribution is 2.15. The molecule has 0 aliphatic carbocycles. The van der Waals surface area contributed by atoms with Crippen LogP contribution in [0.1, 0.15) is 5.56 Å². The quantitative estimate of drug-likeness (QED) is 0.616. The fraction of sp³-hybridized carbons (Fsp3) is 0.300. The lowest BCUT2D eigenvalue weighted by Crippen LogP contribution is -2.16. The van der Waals surface area contributed by atoms with E-state index in [1.807, 2.05) is 0 Å². The minimum absolute atomic E-state index is 0.0605. The first-order chi connectivity index (χ1) is 7.65. The van der Waals surface area contributed by atoms with E-state index in [2.05, 4.69) is 5.32 Å². The van der Waals surface area contributed by atoms with E-state index >= 15 is 0 Å². The summed E-state index contributed by atoms with van der Waals surface area (Å²) in [7, 11) is 0. The molecule has 0 aromatic heterocycles. The second-order valence-electron chi connectivity index (χ2n) is 3.54. The summed E-state index contributed by atoms with van der Waals surface area (Å²) in [5.41, 5.74) is 0.970. The molecule has 84 valence electrons. The molecule has 6 nitrogen and oxygen atoms in total. The fourth-order valence-electron chi connectivity index (χ4n) is 1.56. The first-order valence-corrected chi connectivity index (χ1v) is 4.83. The van der Waals surface area contributed by atoms with Gasteiger partial charge in [0, 0.05) is 18.6 Å². The summed E-state index contributed by atoms with van der Waals surface area (Å²) < 4.78 is 4.96. The van der Waals surface area contributed by atoms with Gasteiger partial charge in [-0.2, -0.15) is 0 Å². The third-order valence-corrected chi connectivity index (χ3v) is 2.36. The molecule has 16 heavy (non-hydrogen) atoms. The van der Waals surface area contributed by atoms with Crippen molar-refractivity contribution in [2.75, 3.05) is 6.54 Å². The maximum Gasteiger partial charge on any atom is 0.407 e. The van der Waals surface area contributed by atoms with Crippen molar-refractivity contribution in [1.29, 1.82) is 0 Å². The van der Waals surface area contributed by atoms with Crippen LogP contribution in [-0.4, -0.2) is 23.7 Å². The monoisotopic (exact) mass is 222 g/mol. The van der Waals surface area contributed by atoms with Gasteiger partial charge in [0.15, 0.2) is 0 Å². The summed E-state index contributed by atoms with van der Waals surface area (Å²) in [6.45, 7) is 0.482. The Hall–Kier alpha value is -2.11. The molecule has 0 bridgehead atoms. The minimum Gasteiger partial charge on any atom is -0.444 e. The van der Waals surface area contributed by atoms with Crippen LogP contribution in [0.25, 0.3) is 0 Å². The molecule has 1 aromatic rings. The van der Waals surface area contributed by atoms with Gasteiger partial charge in [-0.05, 0) is 5.56 Å². The Bertz CT molecular complexity index is 415. The Labute approximate surface area is 91.4 Å². The Kier molecular flexibility index (Phi) is 2.72.